The van der Waals surface area contributed by atoms with Crippen LogP contribution in [0.1, 0.15) is 85.5 Å². The fourth-order valence-electron chi connectivity index (χ4n) is 8.65. The number of fused-ring (bicyclic) bond motifs is 5. The Bertz CT molecular complexity index is 550. The number of rotatable bonds is 4. The van der Waals surface area contributed by atoms with Crippen LogP contribution in [0.25, 0.3) is 0 Å². The van der Waals surface area contributed by atoms with Gasteiger partial charge in [-0.05, 0) is 112 Å². The summed E-state index contributed by atoms with van der Waals surface area (Å²) < 4.78 is 5.64. The molecule has 0 aliphatic heterocycles. The van der Waals surface area contributed by atoms with E-state index >= 15 is 0 Å². The summed E-state index contributed by atoms with van der Waals surface area (Å²) in [6.07, 6.45) is 11.2. The first-order valence-electron chi connectivity index (χ1n) is 11.8. The highest BCUT2D eigenvalue weighted by Gasteiger charge is 2.61. The summed E-state index contributed by atoms with van der Waals surface area (Å²) in [5, 5.41) is 11.1. The highest BCUT2D eigenvalue weighted by atomic mass is 16.5. The molecule has 4 aliphatic rings. The van der Waals surface area contributed by atoms with Gasteiger partial charge in [0.25, 0.3) is 0 Å². The lowest BCUT2D eigenvalue weighted by molar-refractivity contribution is -0.165. The van der Waals surface area contributed by atoms with Gasteiger partial charge < -0.3 is 15.6 Å². The smallest absolute Gasteiger partial charge is 0.0883 e. The molecule has 0 bridgehead atoms. The third-order valence-corrected chi connectivity index (χ3v) is 10.1. The second-order valence-electron chi connectivity index (χ2n) is 11.3. The van der Waals surface area contributed by atoms with E-state index < -0.39 is 5.60 Å². The van der Waals surface area contributed by atoms with Crippen LogP contribution in [0.3, 0.4) is 0 Å². The molecule has 3 N–H and O–H groups in total. The van der Waals surface area contributed by atoms with Gasteiger partial charge in [-0.3, -0.25) is 0 Å². The summed E-state index contributed by atoms with van der Waals surface area (Å²) in [4.78, 5) is 0. The van der Waals surface area contributed by atoms with Crippen LogP contribution < -0.4 is 5.73 Å². The molecular weight excluding hydrogens is 334 g/mol. The monoisotopic (exact) mass is 377 g/mol. The van der Waals surface area contributed by atoms with Crippen LogP contribution in [0.2, 0.25) is 0 Å². The molecule has 0 aromatic rings. The lowest BCUT2D eigenvalue weighted by Gasteiger charge is -2.62. The van der Waals surface area contributed by atoms with E-state index in [0.29, 0.717) is 36.0 Å². The summed E-state index contributed by atoms with van der Waals surface area (Å²) >= 11 is 0. The fourth-order valence-corrected chi connectivity index (χ4v) is 8.65. The van der Waals surface area contributed by atoms with Crippen molar-refractivity contribution in [3.8, 4) is 0 Å². The van der Waals surface area contributed by atoms with Crippen molar-refractivity contribution < 1.29 is 9.84 Å². The van der Waals surface area contributed by atoms with Crippen molar-refractivity contribution in [3.63, 3.8) is 0 Å². The minimum Gasteiger partial charge on any atom is -0.387 e. The summed E-state index contributed by atoms with van der Waals surface area (Å²) in [5.74, 6) is 4.03. The van der Waals surface area contributed by atoms with Crippen molar-refractivity contribution in [2.24, 2.45) is 46.2 Å². The Hall–Kier alpha value is -0.120. The van der Waals surface area contributed by atoms with Crippen LogP contribution in [0.15, 0.2) is 0 Å². The van der Waals surface area contributed by atoms with E-state index in [1.54, 1.807) is 0 Å². The predicted octanol–water partition coefficient (Wildman–Crippen LogP) is 4.76. The van der Waals surface area contributed by atoms with Gasteiger partial charge in [-0.15, -0.1) is 0 Å². The Morgan fingerprint density at radius 3 is 2.44 bits per heavy atom. The first-order valence-corrected chi connectivity index (χ1v) is 11.8. The van der Waals surface area contributed by atoms with Gasteiger partial charge in [-0.25, -0.2) is 0 Å². The highest BCUT2D eigenvalue weighted by molar-refractivity contribution is 5.11. The molecule has 0 spiro atoms. The van der Waals surface area contributed by atoms with Crippen molar-refractivity contribution in [3.05, 3.63) is 0 Å². The molecule has 4 fully saturated rings. The second kappa shape index (κ2) is 6.99. The predicted molar refractivity (Wildman–Crippen MR) is 110 cm³/mol. The van der Waals surface area contributed by atoms with Crippen molar-refractivity contribution in [2.45, 2.75) is 97.1 Å². The second-order valence-corrected chi connectivity index (χ2v) is 11.3. The molecular formula is C24H43NO2. The van der Waals surface area contributed by atoms with E-state index in [9.17, 15) is 5.11 Å². The highest BCUT2D eigenvalue weighted by Crippen LogP contribution is 2.68. The molecule has 156 valence electrons. The van der Waals surface area contributed by atoms with Crippen LogP contribution in [-0.4, -0.2) is 30.0 Å². The average Bonchev–Trinajstić information content (AvgIpc) is 2.98. The molecule has 3 nitrogen and oxygen atoms in total. The molecule has 27 heavy (non-hydrogen) atoms. The number of ether oxygens (including phenoxy) is 1. The molecule has 9 atom stereocenters. The Labute approximate surface area is 166 Å². The molecule has 0 unspecified atom stereocenters. The molecule has 0 aromatic heterocycles. The molecule has 0 heterocycles. The van der Waals surface area contributed by atoms with Gasteiger partial charge in [0.2, 0.25) is 0 Å². The molecule has 4 rings (SSSR count). The topological polar surface area (TPSA) is 55.5 Å². The molecule has 0 radical (unpaired) electrons. The third-order valence-electron chi connectivity index (χ3n) is 10.1. The zero-order valence-corrected chi connectivity index (χ0v) is 18.2. The Morgan fingerprint density at radius 2 is 1.74 bits per heavy atom. The largest absolute Gasteiger partial charge is 0.387 e. The number of hydrogen-bond acceptors (Lipinski definition) is 3. The van der Waals surface area contributed by atoms with Crippen molar-refractivity contribution in [1.29, 1.82) is 0 Å². The van der Waals surface area contributed by atoms with Gasteiger partial charge in [0.05, 0.1) is 12.2 Å². The summed E-state index contributed by atoms with van der Waals surface area (Å²) in [7, 11) is 0. The van der Waals surface area contributed by atoms with Crippen molar-refractivity contribution in [2.75, 3.05) is 13.2 Å². The lowest BCUT2D eigenvalue weighted by atomic mass is 9.44. The molecule has 0 aromatic carbocycles. The molecule has 0 amide bonds. The maximum atomic E-state index is 11.1. The van der Waals surface area contributed by atoms with Crippen LogP contribution in [0.4, 0.5) is 0 Å². The summed E-state index contributed by atoms with van der Waals surface area (Å²) in [6.45, 7) is 10.7. The number of nitrogens with two attached hydrogens (primary N) is 1. The lowest BCUT2D eigenvalue weighted by Crippen LogP contribution is -2.57. The zero-order chi connectivity index (χ0) is 19.4. The Morgan fingerprint density at radius 1 is 1.00 bits per heavy atom. The molecule has 0 saturated heterocycles. The van der Waals surface area contributed by atoms with Gasteiger partial charge in [0.1, 0.15) is 0 Å². The standard InChI is InChI=1S/C24H43NO2/c1-5-27-15-24(26)13-12-22(3)17(14-24)6-7-18-20-9-8-19(16(2)25)23(20,4)11-10-21(18)22/h16-21,26H,5-15,25H2,1-4H3/t16-,17-,18+,19-,20+,21+,22+,23-,24-/m1/s1. The van der Waals surface area contributed by atoms with Crippen molar-refractivity contribution in [1.82, 2.24) is 0 Å². The SMILES string of the molecule is CCOC[C@@]1(O)CC[C@@]2(C)[C@H](CC[C@@H]3[C@@H]2CC[C@]2(C)[C@@H]([C@@H](C)N)CC[C@@H]32)C1. The Balaban J connectivity index is 1.52. The van der Waals surface area contributed by atoms with E-state index in [0.717, 1.165) is 36.5 Å². The van der Waals surface area contributed by atoms with Gasteiger partial charge in [-0.1, -0.05) is 13.8 Å². The first kappa shape index (κ1) is 20.2. The molecule has 4 saturated carbocycles. The van der Waals surface area contributed by atoms with Gasteiger partial charge in [-0.2, -0.15) is 0 Å². The quantitative estimate of drug-likeness (QED) is 0.742. The van der Waals surface area contributed by atoms with E-state index in [1.165, 1.54) is 44.9 Å². The maximum absolute atomic E-state index is 11.1. The molecule has 3 heteroatoms. The minimum atomic E-state index is -0.580. The zero-order valence-electron chi connectivity index (χ0n) is 18.2. The van der Waals surface area contributed by atoms with Crippen LogP contribution >= 0.6 is 0 Å². The third kappa shape index (κ3) is 3.11. The van der Waals surface area contributed by atoms with E-state index in [2.05, 4.69) is 20.8 Å². The normalized spacial score (nSPS) is 53.3. The number of hydrogen-bond donors (Lipinski definition) is 2. The van der Waals surface area contributed by atoms with Gasteiger partial charge in [0, 0.05) is 12.6 Å². The van der Waals surface area contributed by atoms with Crippen molar-refractivity contribution >= 4 is 0 Å². The van der Waals surface area contributed by atoms with E-state index in [-0.39, 0.29) is 0 Å². The van der Waals surface area contributed by atoms with Crippen LogP contribution in [0, 0.1) is 40.4 Å². The fraction of sp³-hybridized carbons (Fsp3) is 1.00. The minimum absolute atomic E-state index is 0.340. The van der Waals surface area contributed by atoms with E-state index in [1.807, 2.05) is 6.92 Å². The van der Waals surface area contributed by atoms with Crippen LogP contribution in [0.5, 0.6) is 0 Å². The van der Waals surface area contributed by atoms with E-state index in [4.69, 9.17) is 10.5 Å². The summed E-state index contributed by atoms with van der Waals surface area (Å²) in [6, 6.07) is 0.340. The Kier molecular flexibility index (Phi) is 5.22. The first-order chi connectivity index (χ1) is 12.7. The number of aliphatic hydroxyl groups is 1. The molecule has 4 aliphatic carbocycles. The maximum Gasteiger partial charge on any atom is 0.0883 e. The van der Waals surface area contributed by atoms with Gasteiger partial charge >= 0.3 is 0 Å². The average molecular weight is 378 g/mol. The summed E-state index contributed by atoms with van der Waals surface area (Å²) in [5.41, 5.74) is 6.74. The van der Waals surface area contributed by atoms with Crippen LogP contribution in [-0.2, 0) is 4.74 Å². The van der Waals surface area contributed by atoms with Gasteiger partial charge in [0.15, 0.2) is 0 Å².